The number of carbonyl (C=O) groups is 3. The number of benzene rings is 1. The summed E-state index contributed by atoms with van der Waals surface area (Å²) in [7, 11) is 0. The molecule has 1 rings (SSSR count). The van der Waals surface area contributed by atoms with E-state index in [0.717, 1.165) is 0 Å². The van der Waals surface area contributed by atoms with Crippen LogP contribution in [0.1, 0.15) is 43.5 Å². The second-order valence-corrected chi connectivity index (χ2v) is 5.44. The molecule has 0 aliphatic rings. The zero-order valence-electron chi connectivity index (χ0n) is 13.4. The Morgan fingerprint density at radius 1 is 1.17 bits per heavy atom. The van der Waals surface area contributed by atoms with Crippen LogP contribution < -0.4 is 16.0 Å². The fourth-order valence-corrected chi connectivity index (χ4v) is 1.87. The van der Waals surface area contributed by atoms with Crippen LogP contribution >= 0.6 is 0 Å². The summed E-state index contributed by atoms with van der Waals surface area (Å²) in [6, 6.07) is 6.32. The van der Waals surface area contributed by atoms with Gasteiger partial charge in [0.15, 0.2) is 0 Å². The van der Waals surface area contributed by atoms with E-state index in [1.807, 2.05) is 13.8 Å². The Morgan fingerprint density at radius 2 is 1.91 bits per heavy atom. The molecule has 0 aromatic heterocycles. The summed E-state index contributed by atoms with van der Waals surface area (Å²) >= 11 is 0. The molecule has 0 unspecified atom stereocenters. The van der Waals surface area contributed by atoms with Crippen molar-refractivity contribution in [3.05, 3.63) is 29.8 Å². The molecule has 0 aliphatic carbocycles. The third-order valence-corrected chi connectivity index (χ3v) is 2.91. The standard InChI is InChI=1S/C16H23N3O4/c1-11(2)18-16(23)19-13-7-5-6-12(10-13)15(22)17-9-4-3-8-14(20)21/h5-7,10-11H,3-4,8-9H2,1-2H3,(H,17,22)(H,20,21)(H2,18,19,23). The molecule has 3 amide bonds. The van der Waals surface area contributed by atoms with Crippen LogP contribution in [0.5, 0.6) is 0 Å². The van der Waals surface area contributed by atoms with E-state index in [-0.39, 0.29) is 24.4 Å². The van der Waals surface area contributed by atoms with Crippen molar-refractivity contribution in [2.24, 2.45) is 0 Å². The highest BCUT2D eigenvalue weighted by atomic mass is 16.4. The molecule has 7 nitrogen and oxygen atoms in total. The molecule has 0 atom stereocenters. The molecule has 126 valence electrons. The minimum Gasteiger partial charge on any atom is -0.481 e. The number of hydrogen-bond acceptors (Lipinski definition) is 3. The van der Waals surface area contributed by atoms with E-state index in [1.54, 1.807) is 24.3 Å². The number of unbranched alkanes of at least 4 members (excludes halogenated alkanes) is 1. The van der Waals surface area contributed by atoms with Gasteiger partial charge in [-0.3, -0.25) is 9.59 Å². The number of nitrogens with one attached hydrogen (secondary N) is 3. The lowest BCUT2D eigenvalue weighted by molar-refractivity contribution is -0.137. The molecule has 0 heterocycles. The predicted molar refractivity (Wildman–Crippen MR) is 87.6 cm³/mol. The van der Waals surface area contributed by atoms with Gasteiger partial charge < -0.3 is 21.1 Å². The number of rotatable bonds is 8. The molecule has 0 saturated heterocycles. The molecule has 0 spiro atoms. The van der Waals surface area contributed by atoms with Gasteiger partial charge in [-0.2, -0.15) is 0 Å². The average molecular weight is 321 g/mol. The maximum atomic E-state index is 12.0. The van der Waals surface area contributed by atoms with Gasteiger partial charge >= 0.3 is 12.0 Å². The molecule has 23 heavy (non-hydrogen) atoms. The summed E-state index contributed by atoms with van der Waals surface area (Å²) in [5, 5.41) is 16.6. The Morgan fingerprint density at radius 3 is 2.57 bits per heavy atom. The molecule has 1 aromatic carbocycles. The number of anilines is 1. The minimum atomic E-state index is -0.838. The summed E-state index contributed by atoms with van der Waals surface area (Å²) in [5.74, 6) is -1.09. The lowest BCUT2D eigenvalue weighted by Crippen LogP contribution is -2.34. The highest BCUT2D eigenvalue weighted by Crippen LogP contribution is 2.10. The second kappa shape index (κ2) is 9.45. The van der Waals surface area contributed by atoms with E-state index in [0.29, 0.717) is 30.6 Å². The third kappa shape index (κ3) is 7.85. The topological polar surface area (TPSA) is 108 Å². The third-order valence-electron chi connectivity index (χ3n) is 2.91. The van der Waals surface area contributed by atoms with Gasteiger partial charge in [0.05, 0.1) is 0 Å². The van der Waals surface area contributed by atoms with Crippen LogP contribution in [0.2, 0.25) is 0 Å². The van der Waals surface area contributed by atoms with Crippen molar-refractivity contribution in [1.82, 2.24) is 10.6 Å². The highest BCUT2D eigenvalue weighted by molar-refractivity contribution is 5.96. The number of carbonyl (C=O) groups excluding carboxylic acids is 2. The largest absolute Gasteiger partial charge is 0.481 e. The van der Waals surface area contributed by atoms with E-state index >= 15 is 0 Å². The Bertz CT molecular complexity index is 558. The number of urea groups is 1. The summed E-state index contributed by atoms with van der Waals surface area (Å²) in [5.41, 5.74) is 0.965. The first-order chi connectivity index (χ1) is 10.9. The maximum Gasteiger partial charge on any atom is 0.319 e. The summed E-state index contributed by atoms with van der Waals surface area (Å²) in [6.45, 7) is 4.12. The minimum absolute atomic E-state index is 0.0206. The Balaban J connectivity index is 2.47. The van der Waals surface area contributed by atoms with Crippen LogP contribution in [0.25, 0.3) is 0 Å². The molecule has 0 aliphatic heterocycles. The van der Waals surface area contributed by atoms with Crippen LogP contribution in [0.15, 0.2) is 24.3 Å². The van der Waals surface area contributed by atoms with Crippen molar-refractivity contribution in [2.75, 3.05) is 11.9 Å². The SMILES string of the molecule is CC(C)NC(=O)Nc1cccc(C(=O)NCCCCC(=O)O)c1. The van der Waals surface area contributed by atoms with Gasteiger partial charge in [-0.05, 0) is 44.9 Å². The number of aliphatic carboxylic acids is 1. The van der Waals surface area contributed by atoms with Crippen LogP contribution in [0.3, 0.4) is 0 Å². The van der Waals surface area contributed by atoms with E-state index in [9.17, 15) is 14.4 Å². The predicted octanol–water partition coefficient (Wildman–Crippen LogP) is 2.20. The molecule has 0 bridgehead atoms. The van der Waals surface area contributed by atoms with Gasteiger partial charge in [0.2, 0.25) is 0 Å². The van der Waals surface area contributed by atoms with Gasteiger partial charge in [0.25, 0.3) is 5.91 Å². The van der Waals surface area contributed by atoms with Crippen LogP contribution in [0.4, 0.5) is 10.5 Å². The first-order valence-corrected chi connectivity index (χ1v) is 7.56. The van der Waals surface area contributed by atoms with Crippen molar-refractivity contribution < 1.29 is 19.5 Å². The zero-order chi connectivity index (χ0) is 17.2. The van der Waals surface area contributed by atoms with Gasteiger partial charge in [0, 0.05) is 30.3 Å². The van der Waals surface area contributed by atoms with E-state index in [4.69, 9.17) is 5.11 Å². The molecule has 0 saturated carbocycles. The lowest BCUT2D eigenvalue weighted by Gasteiger charge is -2.11. The molecule has 0 fully saturated rings. The fourth-order valence-electron chi connectivity index (χ4n) is 1.87. The van der Waals surface area contributed by atoms with Crippen molar-refractivity contribution in [2.45, 2.75) is 39.2 Å². The van der Waals surface area contributed by atoms with Crippen LogP contribution in [0, 0.1) is 0 Å². The van der Waals surface area contributed by atoms with E-state index in [1.165, 1.54) is 0 Å². The fraction of sp³-hybridized carbons (Fsp3) is 0.438. The average Bonchev–Trinajstić information content (AvgIpc) is 2.45. The van der Waals surface area contributed by atoms with Crippen molar-refractivity contribution in [1.29, 1.82) is 0 Å². The molecule has 4 N–H and O–H groups in total. The van der Waals surface area contributed by atoms with Gasteiger partial charge in [0.1, 0.15) is 0 Å². The second-order valence-electron chi connectivity index (χ2n) is 5.44. The first kappa shape index (κ1) is 18.5. The smallest absolute Gasteiger partial charge is 0.319 e. The first-order valence-electron chi connectivity index (χ1n) is 7.56. The number of hydrogen-bond donors (Lipinski definition) is 4. The Labute approximate surface area is 135 Å². The monoisotopic (exact) mass is 321 g/mol. The molecule has 1 aromatic rings. The van der Waals surface area contributed by atoms with Crippen molar-refractivity contribution in [3.63, 3.8) is 0 Å². The van der Waals surface area contributed by atoms with Crippen LogP contribution in [-0.4, -0.2) is 35.6 Å². The maximum absolute atomic E-state index is 12.0. The number of amides is 3. The summed E-state index contributed by atoms with van der Waals surface area (Å²) in [4.78, 5) is 34.0. The van der Waals surface area contributed by atoms with Crippen molar-refractivity contribution in [3.8, 4) is 0 Å². The van der Waals surface area contributed by atoms with Gasteiger partial charge in [-0.1, -0.05) is 6.07 Å². The Hall–Kier alpha value is -2.57. The summed E-state index contributed by atoms with van der Waals surface area (Å²) < 4.78 is 0. The lowest BCUT2D eigenvalue weighted by atomic mass is 10.2. The van der Waals surface area contributed by atoms with Gasteiger partial charge in [-0.15, -0.1) is 0 Å². The molecule has 0 radical (unpaired) electrons. The van der Waals surface area contributed by atoms with Gasteiger partial charge in [-0.25, -0.2) is 4.79 Å². The van der Waals surface area contributed by atoms with Crippen molar-refractivity contribution >= 4 is 23.6 Å². The Kier molecular flexibility index (Phi) is 7.59. The highest BCUT2D eigenvalue weighted by Gasteiger charge is 2.08. The van der Waals surface area contributed by atoms with Crippen LogP contribution in [-0.2, 0) is 4.79 Å². The number of carboxylic acids is 1. The molecular formula is C16H23N3O4. The molecular weight excluding hydrogens is 298 g/mol. The number of carboxylic acid groups (broad SMARTS) is 1. The van der Waals surface area contributed by atoms with E-state index < -0.39 is 5.97 Å². The quantitative estimate of drug-likeness (QED) is 0.550. The summed E-state index contributed by atoms with van der Waals surface area (Å²) in [6.07, 6.45) is 1.22. The zero-order valence-corrected chi connectivity index (χ0v) is 13.4. The normalized spacial score (nSPS) is 10.2. The van der Waals surface area contributed by atoms with E-state index in [2.05, 4.69) is 16.0 Å². The molecule has 7 heteroatoms.